The molecule has 2 N–H and O–H groups in total. The number of carbonyl (C=O) groups excluding carboxylic acids is 3. The van der Waals surface area contributed by atoms with Gasteiger partial charge in [-0.15, -0.1) is 0 Å². The maximum Gasteiger partial charge on any atom is 0.273 e. The number of benzene rings is 2. The molecule has 0 radical (unpaired) electrons. The molecular weight excluding hydrogens is 470 g/mol. The Morgan fingerprint density at radius 2 is 1.78 bits per heavy atom. The van der Waals surface area contributed by atoms with Crippen molar-refractivity contribution in [1.29, 1.82) is 0 Å². The van der Waals surface area contributed by atoms with E-state index in [1.165, 1.54) is 6.33 Å². The van der Waals surface area contributed by atoms with Crippen molar-refractivity contribution in [2.75, 3.05) is 20.2 Å². The minimum absolute atomic E-state index is 0.0832. The van der Waals surface area contributed by atoms with Crippen LogP contribution in [-0.2, 0) is 24.3 Å². The zero-order chi connectivity index (χ0) is 26.4. The molecular formula is C28H33N5O4. The molecule has 0 aliphatic carbocycles. The van der Waals surface area contributed by atoms with Crippen LogP contribution in [0.4, 0.5) is 0 Å². The van der Waals surface area contributed by atoms with Crippen LogP contribution in [-0.4, -0.2) is 57.9 Å². The Balaban J connectivity index is 1.48. The maximum absolute atomic E-state index is 13.6. The van der Waals surface area contributed by atoms with Crippen molar-refractivity contribution in [2.45, 2.75) is 45.3 Å². The van der Waals surface area contributed by atoms with Crippen molar-refractivity contribution >= 4 is 17.7 Å². The summed E-state index contributed by atoms with van der Waals surface area (Å²) in [5, 5.41) is 5.84. The van der Waals surface area contributed by atoms with Gasteiger partial charge in [0.25, 0.3) is 11.8 Å². The lowest BCUT2D eigenvalue weighted by Crippen LogP contribution is -2.64. The van der Waals surface area contributed by atoms with E-state index >= 15 is 0 Å². The molecule has 1 aliphatic heterocycles. The van der Waals surface area contributed by atoms with Gasteiger partial charge in [-0.05, 0) is 43.0 Å². The van der Waals surface area contributed by atoms with Gasteiger partial charge in [0.1, 0.15) is 17.0 Å². The van der Waals surface area contributed by atoms with Gasteiger partial charge in [-0.25, -0.2) is 4.98 Å². The van der Waals surface area contributed by atoms with E-state index in [0.29, 0.717) is 32.5 Å². The van der Waals surface area contributed by atoms with Gasteiger partial charge in [-0.3, -0.25) is 14.4 Å². The number of amides is 3. The largest absolute Gasteiger partial charge is 0.497 e. The molecule has 37 heavy (non-hydrogen) atoms. The van der Waals surface area contributed by atoms with Gasteiger partial charge in [0.2, 0.25) is 5.91 Å². The molecule has 9 heteroatoms. The maximum atomic E-state index is 13.6. The first-order valence-corrected chi connectivity index (χ1v) is 12.5. The number of aromatic nitrogens is 2. The number of ether oxygens (including phenoxy) is 1. The van der Waals surface area contributed by atoms with E-state index in [9.17, 15) is 14.4 Å². The van der Waals surface area contributed by atoms with Crippen LogP contribution in [0.1, 0.15) is 52.4 Å². The van der Waals surface area contributed by atoms with Crippen LogP contribution in [0.3, 0.4) is 0 Å². The summed E-state index contributed by atoms with van der Waals surface area (Å²) >= 11 is 0. The topological polar surface area (TPSA) is 106 Å². The predicted octanol–water partition coefficient (Wildman–Crippen LogP) is 2.81. The Labute approximate surface area is 216 Å². The van der Waals surface area contributed by atoms with Gasteiger partial charge in [0.15, 0.2) is 5.69 Å². The van der Waals surface area contributed by atoms with Crippen molar-refractivity contribution in [3.63, 3.8) is 0 Å². The normalized spacial score (nSPS) is 16.7. The van der Waals surface area contributed by atoms with Crippen LogP contribution >= 0.6 is 0 Å². The van der Waals surface area contributed by atoms with Crippen LogP contribution in [0, 0.1) is 0 Å². The van der Waals surface area contributed by atoms with Crippen molar-refractivity contribution in [2.24, 2.45) is 0 Å². The summed E-state index contributed by atoms with van der Waals surface area (Å²) in [7, 11) is 1.60. The number of hydrogen-bond donors (Lipinski definition) is 2. The van der Waals surface area contributed by atoms with E-state index in [-0.39, 0.29) is 29.7 Å². The average Bonchev–Trinajstić information content (AvgIpc) is 3.34. The molecule has 0 saturated carbocycles. The zero-order valence-electron chi connectivity index (χ0n) is 21.5. The van der Waals surface area contributed by atoms with Crippen molar-refractivity contribution < 1.29 is 19.1 Å². The second-order valence-corrected chi connectivity index (χ2v) is 9.32. The molecule has 0 bridgehead atoms. The highest BCUT2D eigenvalue weighted by molar-refractivity contribution is 6.07. The third-order valence-corrected chi connectivity index (χ3v) is 6.67. The first-order valence-electron chi connectivity index (χ1n) is 12.5. The summed E-state index contributed by atoms with van der Waals surface area (Å²) in [6.45, 7) is 5.03. The van der Waals surface area contributed by atoms with Crippen molar-refractivity contribution in [1.82, 2.24) is 25.1 Å². The second kappa shape index (κ2) is 11.3. The summed E-state index contributed by atoms with van der Waals surface area (Å²) < 4.78 is 6.80. The summed E-state index contributed by atoms with van der Waals surface area (Å²) in [4.78, 5) is 45.8. The molecule has 2 heterocycles. The molecule has 1 aliphatic rings. The zero-order valence-corrected chi connectivity index (χ0v) is 21.5. The van der Waals surface area contributed by atoms with E-state index in [0.717, 1.165) is 16.9 Å². The van der Waals surface area contributed by atoms with Gasteiger partial charge >= 0.3 is 0 Å². The van der Waals surface area contributed by atoms with Gasteiger partial charge in [0, 0.05) is 19.6 Å². The average molecular weight is 504 g/mol. The van der Waals surface area contributed by atoms with Crippen LogP contribution in [0.2, 0.25) is 0 Å². The van der Waals surface area contributed by atoms with E-state index in [4.69, 9.17) is 4.74 Å². The monoisotopic (exact) mass is 503 g/mol. The summed E-state index contributed by atoms with van der Waals surface area (Å²) in [5.74, 6) is -0.303. The number of carbonyl (C=O) groups is 3. The van der Waals surface area contributed by atoms with E-state index in [2.05, 4.69) is 15.6 Å². The van der Waals surface area contributed by atoms with Gasteiger partial charge in [-0.2, -0.15) is 0 Å². The fourth-order valence-corrected chi connectivity index (χ4v) is 4.59. The first-order chi connectivity index (χ1) is 17.9. The second-order valence-electron chi connectivity index (χ2n) is 9.32. The van der Waals surface area contributed by atoms with Crippen LogP contribution < -0.4 is 15.4 Å². The molecule has 0 spiro atoms. The van der Waals surface area contributed by atoms with E-state index < -0.39 is 11.4 Å². The van der Waals surface area contributed by atoms with Gasteiger partial charge in [0.05, 0.1) is 20.0 Å². The highest BCUT2D eigenvalue weighted by atomic mass is 16.5. The molecule has 0 saturated heterocycles. The Morgan fingerprint density at radius 1 is 1.05 bits per heavy atom. The molecule has 2 aromatic carbocycles. The van der Waals surface area contributed by atoms with Crippen LogP contribution in [0.5, 0.6) is 5.75 Å². The highest BCUT2D eigenvalue weighted by Gasteiger charge is 2.48. The lowest BCUT2D eigenvalue weighted by atomic mass is 9.94. The van der Waals surface area contributed by atoms with Crippen LogP contribution in [0.15, 0.2) is 60.9 Å². The predicted molar refractivity (Wildman–Crippen MR) is 139 cm³/mol. The number of hydrogen-bond acceptors (Lipinski definition) is 5. The van der Waals surface area contributed by atoms with Crippen LogP contribution in [0.25, 0.3) is 0 Å². The number of rotatable bonds is 10. The van der Waals surface area contributed by atoms with Gasteiger partial charge < -0.3 is 24.8 Å². The minimum Gasteiger partial charge on any atom is -0.497 e. The lowest BCUT2D eigenvalue weighted by molar-refractivity contribution is -0.133. The van der Waals surface area contributed by atoms with E-state index in [1.54, 1.807) is 23.5 Å². The van der Waals surface area contributed by atoms with Gasteiger partial charge in [-0.1, -0.05) is 49.4 Å². The molecule has 1 aromatic heterocycles. The minimum atomic E-state index is -1.13. The first kappa shape index (κ1) is 25.9. The van der Waals surface area contributed by atoms with E-state index in [1.807, 2.05) is 61.5 Å². The molecule has 9 nitrogen and oxygen atoms in total. The Bertz CT molecular complexity index is 1260. The Hall–Kier alpha value is -4.14. The molecule has 194 valence electrons. The fraction of sp³-hybridized carbons (Fsp3) is 0.357. The highest BCUT2D eigenvalue weighted by Crippen LogP contribution is 2.29. The fourth-order valence-electron chi connectivity index (χ4n) is 4.59. The number of nitrogens with zero attached hydrogens (tertiary/aromatic N) is 3. The molecule has 3 amide bonds. The molecule has 0 unspecified atom stereocenters. The van der Waals surface area contributed by atoms with Crippen molar-refractivity contribution in [3.8, 4) is 5.75 Å². The standard InChI is InChI=1S/C28H33N5O4/c1-4-16-33-26(35)24-23(25(34)29-15-14-20-8-6-5-7-9-20)31-19-32(24)18-28(33,2)27(36)30-17-21-10-12-22(37-3)13-11-21/h5-13,19H,4,14-18H2,1-3H3,(H,29,34)(H,30,36)/t28-/m0/s1. The Kier molecular flexibility index (Phi) is 7.91. The smallest absolute Gasteiger partial charge is 0.273 e. The Morgan fingerprint density at radius 3 is 2.46 bits per heavy atom. The summed E-state index contributed by atoms with van der Waals surface area (Å²) in [5.41, 5.74) is 1.19. The lowest BCUT2D eigenvalue weighted by Gasteiger charge is -2.43. The number of fused-ring (bicyclic) bond motifs is 1. The summed E-state index contributed by atoms with van der Waals surface area (Å²) in [6.07, 6.45) is 2.81. The SMILES string of the molecule is CCCN1C(=O)c2c(C(=O)NCCc3ccccc3)ncn2C[C@@]1(C)C(=O)NCc1ccc(OC)cc1. The molecule has 4 rings (SSSR count). The third kappa shape index (κ3) is 5.50. The quantitative estimate of drug-likeness (QED) is 0.443. The number of nitrogens with one attached hydrogen (secondary N) is 2. The molecule has 0 fully saturated rings. The molecule has 1 atom stereocenters. The number of methoxy groups -OCH3 is 1. The van der Waals surface area contributed by atoms with Crippen molar-refractivity contribution in [3.05, 3.63) is 83.4 Å². The summed E-state index contributed by atoms with van der Waals surface area (Å²) in [6, 6.07) is 17.3. The third-order valence-electron chi connectivity index (χ3n) is 6.67. The molecule has 3 aromatic rings. The number of imidazole rings is 1.